The highest BCUT2D eigenvalue weighted by Crippen LogP contribution is 2.31. The average Bonchev–Trinajstić information content (AvgIpc) is 2.63. The van der Waals surface area contributed by atoms with Gasteiger partial charge in [-0.15, -0.1) is 0 Å². The van der Waals surface area contributed by atoms with Gasteiger partial charge in [-0.1, -0.05) is 0 Å². The minimum absolute atomic E-state index is 0.413. The van der Waals surface area contributed by atoms with Crippen LogP contribution in [0.4, 0.5) is 11.4 Å². The van der Waals surface area contributed by atoms with Crippen molar-refractivity contribution in [2.45, 2.75) is 6.42 Å². The number of Topliss-reactive ketones (excluding diaryl/α,β-unsaturated/α-hetero) is 1. The second-order valence-corrected chi connectivity index (χ2v) is 5.47. The summed E-state index contributed by atoms with van der Waals surface area (Å²) in [7, 11) is 7.78. The van der Waals surface area contributed by atoms with Crippen LogP contribution in [0.5, 0.6) is 0 Å². The number of likely N-dealkylation sites (N-methyl/N-ethyl adjacent to an activating group) is 1. The number of nitrogens with zero attached hydrogens (tertiary/aromatic N) is 3. The van der Waals surface area contributed by atoms with E-state index in [4.69, 9.17) is 0 Å². The number of anilines is 2. The molecule has 20 heavy (non-hydrogen) atoms. The SMILES string of the molecule is CN(C)CCCN(C)c1ccc2c(c1)N(C)C(=O)C2=O. The van der Waals surface area contributed by atoms with Gasteiger partial charge in [0.2, 0.25) is 0 Å². The third-order valence-corrected chi connectivity index (χ3v) is 3.63. The Balaban J connectivity index is 2.12. The topological polar surface area (TPSA) is 43.9 Å². The van der Waals surface area contributed by atoms with Crippen LogP contribution in [0.1, 0.15) is 16.8 Å². The summed E-state index contributed by atoms with van der Waals surface area (Å²) in [6, 6.07) is 5.56. The molecule has 0 unspecified atom stereocenters. The van der Waals surface area contributed by atoms with Crippen LogP contribution in [0.15, 0.2) is 18.2 Å². The molecule has 1 heterocycles. The maximum atomic E-state index is 11.7. The van der Waals surface area contributed by atoms with Gasteiger partial charge in [0.05, 0.1) is 11.3 Å². The molecule has 0 N–H and O–H groups in total. The summed E-state index contributed by atoms with van der Waals surface area (Å²) in [6.07, 6.45) is 1.06. The van der Waals surface area contributed by atoms with Gasteiger partial charge in [0.25, 0.3) is 11.7 Å². The van der Waals surface area contributed by atoms with Gasteiger partial charge in [-0.25, -0.2) is 0 Å². The van der Waals surface area contributed by atoms with Gasteiger partial charge in [-0.2, -0.15) is 0 Å². The van der Waals surface area contributed by atoms with Crippen LogP contribution in [-0.2, 0) is 4.79 Å². The Morgan fingerprint density at radius 1 is 1.10 bits per heavy atom. The Morgan fingerprint density at radius 2 is 1.80 bits per heavy atom. The summed E-state index contributed by atoms with van der Waals surface area (Å²) >= 11 is 0. The first-order valence-corrected chi connectivity index (χ1v) is 6.74. The van der Waals surface area contributed by atoms with Gasteiger partial charge in [-0.05, 0) is 45.3 Å². The van der Waals surface area contributed by atoms with E-state index in [9.17, 15) is 9.59 Å². The lowest BCUT2D eigenvalue weighted by atomic mass is 10.1. The van der Waals surface area contributed by atoms with Gasteiger partial charge < -0.3 is 14.7 Å². The van der Waals surface area contributed by atoms with E-state index < -0.39 is 11.7 Å². The molecule has 5 nitrogen and oxygen atoms in total. The van der Waals surface area contributed by atoms with Crippen molar-refractivity contribution in [2.75, 3.05) is 51.1 Å². The van der Waals surface area contributed by atoms with E-state index in [0.29, 0.717) is 11.3 Å². The molecule has 1 amide bonds. The first-order chi connectivity index (χ1) is 9.41. The Bertz CT molecular complexity index is 540. The molecular formula is C15H21N3O2. The smallest absolute Gasteiger partial charge is 0.299 e. The molecule has 1 aromatic rings. The second kappa shape index (κ2) is 5.63. The van der Waals surface area contributed by atoms with Crippen molar-refractivity contribution in [1.82, 2.24) is 4.90 Å². The van der Waals surface area contributed by atoms with Crippen molar-refractivity contribution < 1.29 is 9.59 Å². The van der Waals surface area contributed by atoms with Crippen molar-refractivity contribution >= 4 is 23.1 Å². The van der Waals surface area contributed by atoms with Gasteiger partial charge in [0.15, 0.2) is 0 Å². The minimum atomic E-state index is -0.451. The Labute approximate surface area is 119 Å². The lowest BCUT2D eigenvalue weighted by Crippen LogP contribution is -2.25. The normalized spacial score (nSPS) is 14.2. The fourth-order valence-corrected chi connectivity index (χ4v) is 2.36. The summed E-state index contributed by atoms with van der Waals surface area (Å²) < 4.78 is 0. The number of hydrogen-bond donors (Lipinski definition) is 0. The largest absolute Gasteiger partial charge is 0.374 e. The highest BCUT2D eigenvalue weighted by Gasteiger charge is 2.33. The van der Waals surface area contributed by atoms with Crippen molar-refractivity contribution in [1.29, 1.82) is 0 Å². The van der Waals surface area contributed by atoms with E-state index in [1.807, 2.05) is 19.2 Å². The Hall–Kier alpha value is -1.88. The maximum Gasteiger partial charge on any atom is 0.299 e. The van der Waals surface area contributed by atoms with Crippen LogP contribution in [-0.4, -0.2) is 57.9 Å². The number of fused-ring (bicyclic) bond motifs is 1. The van der Waals surface area contributed by atoms with Gasteiger partial charge >= 0.3 is 0 Å². The molecule has 5 heteroatoms. The van der Waals surface area contributed by atoms with Crippen molar-refractivity contribution in [3.63, 3.8) is 0 Å². The zero-order chi connectivity index (χ0) is 14.9. The molecule has 0 fully saturated rings. The quantitative estimate of drug-likeness (QED) is 0.758. The molecule has 0 spiro atoms. The zero-order valence-electron chi connectivity index (χ0n) is 12.5. The first kappa shape index (κ1) is 14.5. The maximum absolute atomic E-state index is 11.7. The van der Waals surface area contributed by atoms with E-state index in [2.05, 4.69) is 23.9 Å². The first-order valence-electron chi connectivity index (χ1n) is 6.74. The number of carbonyl (C=O) groups is 2. The molecule has 1 aromatic carbocycles. The third-order valence-electron chi connectivity index (χ3n) is 3.63. The molecule has 0 radical (unpaired) electrons. The van der Waals surface area contributed by atoms with Crippen LogP contribution in [0.2, 0.25) is 0 Å². The average molecular weight is 275 g/mol. The monoisotopic (exact) mass is 275 g/mol. The van der Waals surface area contributed by atoms with Crippen LogP contribution in [0, 0.1) is 0 Å². The third kappa shape index (κ3) is 2.67. The molecular weight excluding hydrogens is 254 g/mol. The zero-order valence-corrected chi connectivity index (χ0v) is 12.5. The highest BCUT2D eigenvalue weighted by molar-refractivity contribution is 6.52. The fraction of sp³-hybridized carbons (Fsp3) is 0.467. The second-order valence-electron chi connectivity index (χ2n) is 5.47. The predicted octanol–water partition coefficient (Wildman–Crippen LogP) is 1.23. The molecule has 0 aromatic heterocycles. The summed E-state index contributed by atoms with van der Waals surface area (Å²) in [6.45, 7) is 1.97. The molecule has 1 aliphatic rings. The number of amides is 1. The summed E-state index contributed by atoms with van der Waals surface area (Å²) in [5, 5.41) is 0. The Morgan fingerprint density at radius 3 is 2.45 bits per heavy atom. The van der Waals surface area contributed by atoms with Gasteiger partial charge in [-0.3, -0.25) is 9.59 Å². The number of carbonyl (C=O) groups excluding carboxylic acids is 2. The number of hydrogen-bond acceptors (Lipinski definition) is 4. The molecule has 0 saturated heterocycles. The lowest BCUT2D eigenvalue weighted by molar-refractivity contribution is -0.114. The lowest BCUT2D eigenvalue weighted by Gasteiger charge is -2.21. The van der Waals surface area contributed by atoms with Crippen molar-refractivity contribution in [3.05, 3.63) is 23.8 Å². The van der Waals surface area contributed by atoms with Crippen LogP contribution < -0.4 is 9.80 Å². The molecule has 1 aliphatic heterocycles. The fourth-order valence-electron chi connectivity index (χ4n) is 2.36. The standard InChI is InChI=1S/C15H21N3O2/c1-16(2)8-5-9-17(3)11-6-7-12-13(10-11)18(4)15(20)14(12)19/h6-7,10H,5,8-9H2,1-4H3. The molecule has 108 valence electrons. The highest BCUT2D eigenvalue weighted by atomic mass is 16.2. The summed E-state index contributed by atoms with van der Waals surface area (Å²) in [5.74, 6) is -0.864. The van der Waals surface area contributed by atoms with Crippen molar-refractivity contribution in [2.24, 2.45) is 0 Å². The van der Waals surface area contributed by atoms with Crippen molar-refractivity contribution in [3.8, 4) is 0 Å². The summed E-state index contributed by atoms with van der Waals surface area (Å²) in [5.41, 5.74) is 2.23. The van der Waals surface area contributed by atoms with Gasteiger partial charge in [0, 0.05) is 26.3 Å². The molecule has 0 atom stereocenters. The minimum Gasteiger partial charge on any atom is -0.374 e. The molecule has 2 rings (SSSR count). The van der Waals surface area contributed by atoms with E-state index in [-0.39, 0.29) is 0 Å². The van der Waals surface area contributed by atoms with Crippen LogP contribution in [0.25, 0.3) is 0 Å². The molecule has 0 saturated carbocycles. The number of ketones is 1. The van der Waals surface area contributed by atoms with E-state index in [1.165, 1.54) is 4.90 Å². The Kier molecular flexibility index (Phi) is 4.09. The van der Waals surface area contributed by atoms with E-state index in [0.717, 1.165) is 25.2 Å². The summed E-state index contributed by atoms with van der Waals surface area (Å²) in [4.78, 5) is 29.1. The van der Waals surface area contributed by atoms with Crippen LogP contribution in [0.3, 0.4) is 0 Å². The molecule has 0 bridgehead atoms. The number of benzene rings is 1. The van der Waals surface area contributed by atoms with E-state index in [1.54, 1.807) is 13.1 Å². The number of rotatable bonds is 5. The van der Waals surface area contributed by atoms with E-state index >= 15 is 0 Å². The van der Waals surface area contributed by atoms with Crippen LogP contribution >= 0.6 is 0 Å². The van der Waals surface area contributed by atoms with Gasteiger partial charge in [0.1, 0.15) is 0 Å². The predicted molar refractivity (Wildman–Crippen MR) is 80.6 cm³/mol. The molecule has 0 aliphatic carbocycles.